The zero-order valence-corrected chi connectivity index (χ0v) is 32.6. The summed E-state index contributed by atoms with van der Waals surface area (Å²) in [6, 6.07) is 8.07. The molecule has 8 heteroatoms. The van der Waals surface area contributed by atoms with E-state index >= 15 is 0 Å². The first-order valence-electron chi connectivity index (χ1n) is 17.5. The van der Waals surface area contributed by atoms with Crippen molar-refractivity contribution in [3.8, 4) is 0 Å². The van der Waals surface area contributed by atoms with Gasteiger partial charge in [-0.15, -0.1) is 0 Å². The van der Waals surface area contributed by atoms with Crippen LogP contribution in [0.3, 0.4) is 0 Å². The van der Waals surface area contributed by atoms with Crippen molar-refractivity contribution in [2.45, 2.75) is 118 Å². The van der Waals surface area contributed by atoms with Crippen LogP contribution in [0.25, 0.3) is 0 Å². The number of nitrogens with one attached hydrogen (secondary N) is 1. The quantitative estimate of drug-likeness (QED) is 0.120. The first-order valence-corrected chi connectivity index (χ1v) is 18.3. The number of likely N-dealkylation sites (tertiary alicyclic amines) is 1. The number of likely N-dealkylation sites (N-methyl/N-ethyl adjacent to an activating group) is 1. The fourth-order valence-corrected chi connectivity index (χ4v) is 7.99. The van der Waals surface area contributed by atoms with Crippen molar-refractivity contribution in [2.24, 2.45) is 0 Å². The predicted molar refractivity (Wildman–Crippen MR) is 194 cm³/mol. The Morgan fingerprint density at radius 2 is 1.59 bits per heavy atom. The molecule has 1 heterocycles. The fraction of sp³-hybridized carbons (Fsp3) is 0.632. The highest BCUT2D eigenvalue weighted by Crippen LogP contribution is 2.27. The maximum atomic E-state index is 13.3. The summed E-state index contributed by atoms with van der Waals surface area (Å²) in [5, 5.41) is 3.22. The Kier molecular flexibility index (Phi) is 17.5. The lowest BCUT2D eigenvalue weighted by Crippen LogP contribution is -3.00. The lowest BCUT2D eigenvalue weighted by molar-refractivity contribution is -0.919. The Morgan fingerprint density at radius 1 is 0.935 bits per heavy atom. The van der Waals surface area contributed by atoms with E-state index in [1.165, 1.54) is 55.2 Å². The molecule has 6 nitrogen and oxygen atoms in total. The topological polar surface area (TPSA) is 75.4 Å². The third-order valence-electron chi connectivity index (χ3n) is 10.1. The van der Waals surface area contributed by atoms with Crippen molar-refractivity contribution in [3.63, 3.8) is 0 Å². The molecule has 0 spiro atoms. The molecule has 3 rings (SSSR count). The lowest BCUT2D eigenvalue weighted by Gasteiger charge is -2.37. The molecule has 46 heavy (non-hydrogen) atoms. The molecule has 0 aliphatic carbocycles. The Bertz CT molecular complexity index is 1260. The van der Waals surface area contributed by atoms with Gasteiger partial charge in [-0.2, -0.15) is 0 Å². The van der Waals surface area contributed by atoms with Crippen molar-refractivity contribution in [3.05, 3.63) is 56.6 Å². The molecule has 1 fully saturated rings. The van der Waals surface area contributed by atoms with Gasteiger partial charge < -0.3 is 32.5 Å². The summed E-state index contributed by atoms with van der Waals surface area (Å²) in [7, 11) is 0. The number of rotatable bonds is 18. The monoisotopic (exact) mass is 762 g/mol. The highest BCUT2D eigenvalue weighted by molar-refractivity contribution is 9.10. The SMILES string of the molecule is CCC[N+](CC)(CCCCCCCCN1CCCCC1C(=O)Nc1c(C)ccc(N)c1C)CC(=O)Cc1c(C)cc(Br)cc1C.[Br-]. The van der Waals surface area contributed by atoms with Gasteiger partial charge in [-0.25, -0.2) is 0 Å². The van der Waals surface area contributed by atoms with E-state index in [1.54, 1.807) is 0 Å². The summed E-state index contributed by atoms with van der Waals surface area (Å²) in [4.78, 5) is 29.1. The van der Waals surface area contributed by atoms with E-state index < -0.39 is 0 Å². The molecule has 1 aliphatic heterocycles. The van der Waals surface area contributed by atoms with Gasteiger partial charge in [0.05, 0.1) is 25.7 Å². The van der Waals surface area contributed by atoms with Crippen molar-refractivity contribution in [2.75, 3.05) is 50.3 Å². The number of aryl methyl sites for hydroxylation is 3. The van der Waals surface area contributed by atoms with Crippen molar-refractivity contribution < 1.29 is 31.1 Å². The van der Waals surface area contributed by atoms with Crippen LogP contribution < -0.4 is 28.0 Å². The van der Waals surface area contributed by atoms with Crippen LogP contribution in [0.2, 0.25) is 0 Å². The minimum Gasteiger partial charge on any atom is -1.00 e. The van der Waals surface area contributed by atoms with Gasteiger partial charge in [0.1, 0.15) is 6.54 Å². The molecule has 0 aromatic heterocycles. The van der Waals surface area contributed by atoms with Gasteiger partial charge in [0.2, 0.25) is 5.91 Å². The Labute approximate surface area is 298 Å². The summed E-state index contributed by atoms with van der Waals surface area (Å²) in [6.07, 6.45) is 12.0. The number of nitrogens with two attached hydrogens (primary N) is 1. The minimum absolute atomic E-state index is 0. The Balaban J connectivity index is 0.00000736. The normalized spacial score (nSPS) is 16.5. The number of hydrogen-bond acceptors (Lipinski definition) is 4. The van der Waals surface area contributed by atoms with E-state index in [9.17, 15) is 9.59 Å². The molecule has 3 N–H and O–H groups in total. The second kappa shape index (κ2) is 19.9. The van der Waals surface area contributed by atoms with Gasteiger partial charge in [-0.3, -0.25) is 14.5 Å². The van der Waals surface area contributed by atoms with Gasteiger partial charge in [-0.05, 0) is 132 Å². The number of hydrogen-bond donors (Lipinski definition) is 2. The predicted octanol–water partition coefficient (Wildman–Crippen LogP) is 5.46. The molecule has 2 aromatic carbocycles. The maximum absolute atomic E-state index is 13.3. The standard InChI is InChI=1S/C38H59BrN4O2.BrH/c1-7-22-43(8-2,27-33(44)26-34-29(4)24-32(39)25-30(34)5)23-16-12-10-9-11-14-20-42-21-15-13-17-36(42)38(45)41-37-28(3)18-19-35(40)31(37)6;/h18-19,24-25,36H,7-17,20-23,26-27,40H2,1-6H3;1H. The van der Waals surface area contributed by atoms with E-state index in [-0.39, 0.29) is 28.9 Å². The van der Waals surface area contributed by atoms with Crippen molar-refractivity contribution in [1.82, 2.24) is 4.90 Å². The Morgan fingerprint density at radius 3 is 2.24 bits per heavy atom. The van der Waals surface area contributed by atoms with Gasteiger partial charge >= 0.3 is 0 Å². The molecule has 0 bridgehead atoms. The zero-order chi connectivity index (χ0) is 33.0. The second-order valence-corrected chi connectivity index (χ2v) is 14.5. The van der Waals surface area contributed by atoms with Gasteiger partial charge in [-0.1, -0.05) is 54.6 Å². The third kappa shape index (κ3) is 11.7. The number of unbranched alkanes of at least 4 members (excludes halogenated alkanes) is 5. The van der Waals surface area contributed by atoms with Crippen LogP contribution in [0.15, 0.2) is 28.7 Å². The average molecular weight is 765 g/mol. The number of nitrogens with zero attached hydrogens (tertiary/aromatic N) is 2. The number of ketones is 1. The fourth-order valence-electron chi connectivity index (χ4n) is 7.31. The molecule has 1 aliphatic rings. The van der Waals surface area contributed by atoms with E-state index in [1.807, 2.05) is 26.0 Å². The first-order chi connectivity index (χ1) is 21.5. The molecule has 1 saturated heterocycles. The van der Waals surface area contributed by atoms with E-state index in [4.69, 9.17) is 5.73 Å². The number of quaternary nitrogens is 1. The van der Waals surface area contributed by atoms with Crippen LogP contribution in [0.1, 0.15) is 106 Å². The number of carbonyl (C=O) groups excluding carboxylic acids is 2. The average Bonchev–Trinajstić information content (AvgIpc) is 3.00. The number of amides is 1. The summed E-state index contributed by atoms with van der Waals surface area (Å²) < 4.78 is 1.99. The lowest BCUT2D eigenvalue weighted by atomic mass is 9.97. The minimum atomic E-state index is -0.0585. The summed E-state index contributed by atoms with van der Waals surface area (Å²) in [5.41, 5.74) is 13.3. The van der Waals surface area contributed by atoms with Crippen molar-refractivity contribution >= 4 is 39.0 Å². The van der Waals surface area contributed by atoms with Gasteiger partial charge in [0.25, 0.3) is 0 Å². The number of Topliss-reactive ketones (excluding diaryl/α,β-unsaturated/α-hetero) is 1. The molecule has 258 valence electrons. The Hall–Kier alpha value is -1.74. The van der Waals surface area contributed by atoms with E-state index in [2.05, 4.69) is 66.0 Å². The van der Waals surface area contributed by atoms with Crippen LogP contribution in [0.4, 0.5) is 11.4 Å². The highest BCUT2D eigenvalue weighted by Gasteiger charge is 2.30. The molecular weight excluding hydrogens is 704 g/mol. The zero-order valence-electron chi connectivity index (χ0n) is 29.5. The maximum Gasteiger partial charge on any atom is 0.241 e. The molecule has 2 unspecified atom stereocenters. The van der Waals surface area contributed by atoms with Crippen LogP contribution in [0, 0.1) is 27.7 Å². The van der Waals surface area contributed by atoms with Crippen molar-refractivity contribution in [1.29, 1.82) is 0 Å². The van der Waals surface area contributed by atoms with E-state index in [0.29, 0.717) is 18.7 Å². The summed E-state index contributed by atoms with van der Waals surface area (Å²) >= 11 is 3.58. The highest BCUT2D eigenvalue weighted by atomic mass is 79.9. The van der Waals surface area contributed by atoms with Crippen LogP contribution in [0.5, 0.6) is 0 Å². The van der Waals surface area contributed by atoms with Gasteiger partial charge in [0.15, 0.2) is 5.78 Å². The number of carbonyl (C=O) groups is 2. The number of nitrogen functional groups attached to an aromatic ring is 1. The number of piperidine rings is 1. The van der Waals surface area contributed by atoms with Crippen LogP contribution >= 0.6 is 15.9 Å². The van der Waals surface area contributed by atoms with Gasteiger partial charge in [0, 0.05) is 22.3 Å². The first kappa shape index (κ1) is 40.4. The molecular formula is C38H60Br2N4O2. The second-order valence-electron chi connectivity index (χ2n) is 13.6. The summed E-state index contributed by atoms with van der Waals surface area (Å²) in [5.74, 6) is 0.471. The molecule has 2 atom stereocenters. The summed E-state index contributed by atoms with van der Waals surface area (Å²) in [6.45, 7) is 18.5. The third-order valence-corrected chi connectivity index (χ3v) is 10.6. The number of anilines is 2. The molecule has 0 radical (unpaired) electrons. The number of benzene rings is 2. The smallest absolute Gasteiger partial charge is 0.241 e. The molecule has 0 saturated carbocycles. The molecule has 2 aromatic rings. The van der Waals surface area contributed by atoms with E-state index in [0.717, 1.165) is 89.9 Å². The number of halogens is 2. The molecule has 1 amide bonds. The van der Waals surface area contributed by atoms with Crippen LogP contribution in [-0.2, 0) is 16.0 Å². The van der Waals surface area contributed by atoms with Crippen LogP contribution in [-0.4, -0.2) is 66.4 Å². The largest absolute Gasteiger partial charge is 1.00 e.